The van der Waals surface area contributed by atoms with E-state index < -0.39 is 0 Å². The molecule has 2 fully saturated rings. The predicted octanol–water partition coefficient (Wildman–Crippen LogP) is 4.86. The Balaban J connectivity index is 1.48. The third-order valence-electron chi connectivity index (χ3n) is 6.00. The number of hydrogen-bond acceptors (Lipinski definition) is 4. The van der Waals surface area contributed by atoms with E-state index in [0.29, 0.717) is 16.9 Å². The van der Waals surface area contributed by atoms with Crippen molar-refractivity contribution >= 4 is 33.1 Å². The smallest absolute Gasteiger partial charge is 0.151 e. The summed E-state index contributed by atoms with van der Waals surface area (Å²) in [6, 6.07) is 1.14. The number of aryl methyl sites for hydroxylation is 1. The van der Waals surface area contributed by atoms with E-state index in [9.17, 15) is 0 Å². The van der Waals surface area contributed by atoms with Crippen molar-refractivity contribution in [3.05, 3.63) is 5.82 Å². The van der Waals surface area contributed by atoms with E-state index in [-0.39, 0.29) is 0 Å². The average molecular weight is 442 g/mol. The molecule has 0 aliphatic heterocycles. The van der Waals surface area contributed by atoms with E-state index >= 15 is 0 Å². The lowest BCUT2D eigenvalue weighted by molar-refractivity contribution is 0.251. The Hall–Kier alpha value is -0.560. The van der Waals surface area contributed by atoms with E-state index in [1.807, 2.05) is 0 Å². The average Bonchev–Trinajstić information content (AvgIpc) is 3.12. The molecule has 2 aliphatic carbocycles. The second-order valence-corrected chi connectivity index (χ2v) is 9.54. The van der Waals surface area contributed by atoms with Crippen LogP contribution >= 0.6 is 28.1 Å². The summed E-state index contributed by atoms with van der Waals surface area (Å²) >= 11 is 9.51. The van der Waals surface area contributed by atoms with E-state index in [0.717, 1.165) is 49.5 Å². The summed E-state index contributed by atoms with van der Waals surface area (Å²) < 4.78 is 2.08. The Morgan fingerprint density at radius 2 is 1.88 bits per heavy atom. The van der Waals surface area contributed by atoms with Crippen LogP contribution < -0.4 is 0 Å². The van der Waals surface area contributed by atoms with Gasteiger partial charge in [0.05, 0.1) is 11.0 Å². The van der Waals surface area contributed by atoms with Gasteiger partial charge in [0.25, 0.3) is 0 Å². The zero-order valence-corrected chi connectivity index (χ0v) is 18.3. The molecule has 0 amide bonds. The summed E-state index contributed by atoms with van der Waals surface area (Å²) in [5.74, 6) is 1.03. The highest BCUT2D eigenvalue weighted by Gasteiger charge is 2.24. The van der Waals surface area contributed by atoms with Crippen LogP contribution in [0.4, 0.5) is 0 Å². The lowest BCUT2D eigenvalue weighted by atomic mass is 9.94. The maximum Gasteiger partial charge on any atom is 0.151 e. The van der Waals surface area contributed by atoms with E-state index in [4.69, 9.17) is 12.2 Å². The first-order valence-electron chi connectivity index (χ1n) is 10.4. The molecular weight excluding hydrogens is 410 g/mol. The molecule has 0 spiro atoms. The van der Waals surface area contributed by atoms with Gasteiger partial charge in [0.1, 0.15) is 0 Å². The van der Waals surface area contributed by atoms with E-state index in [2.05, 4.69) is 48.0 Å². The number of rotatable bonds is 7. The van der Waals surface area contributed by atoms with Crippen LogP contribution in [0.2, 0.25) is 0 Å². The van der Waals surface area contributed by atoms with Crippen LogP contribution in [-0.4, -0.2) is 47.5 Å². The zero-order valence-electron chi connectivity index (χ0n) is 15.9. The van der Waals surface area contributed by atoms with Gasteiger partial charge < -0.3 is 4.90 Å². The summed E-state index contributed by atoms with van der Waals surface area (Å²) in [5.41, 5.74) is 0. The van der Waals surface area contributed by atoms with Crippen LogP contribution in [0.3, 0.4) is 0 Å². The fourth-order valence-corrected chi connectivity index (χ4v) is 5.46. The minimum atomic E-state index is 0.468. The molecule has 0 bridgehead atoms. The molecule has 2 aliphatic rings. The lowest BCUT2D eigenvalue weighted by Gasteiger charge is -2.35. The Bertz CT molecular complexity index is 564. The van der Waals surface area contributed by atoms with Crippen molar-refractivity contribution in [1.29, 1.82) is 0 Å². The van der Waals surface area contributed by atoms with Crippen molar-refractivity contribution in [2.45, 2.75) is 101 Å². The standard InChI is InChI=1S/C19H32BrN5S/c1-2-24(16-7-4-3-5-8-16)19(26)10-6-9-18-21-22-23-25(18)17-13-11-15(20)12-14-17/h15-17H,2-14H2,1H3. The van der Waals surface area contributed by atoms with Gasteiger partial charge >= 0.3 is 0 Å². The van der Waals surface area contributed by atoms with E-state index in [1.54, 1.807) is 0 Å². The van der Waals surface area contributed by atoms with Gasteiger partial charge in [0.15, 0.2) is 5.82 Å². The van der Waals surface area contributed by atoms with Crippen molar-refractivity contribution in [2.75, 3.05) is 6.54 Å². The molecule has 1 aromatic rings. The minimum Gasteiger partial charge on any atom is -0.363 e. The number of halogens is 1. The first kappa shape index (κ1) is 20.2. The summed E-state index contributed by atoms with van der Waals surface area (Å²) in [5, 5.41) is 12.5. The van der Waals surface area contributed by atoms with Gasteiger partial charge in [-0.25, -0.2) is 4.68 Å². The molecule has 3 rings (SSSR count). The van der Waals surface area contributed by atoms with Crippen LogP contribution in [-0.2, 0) is 6.42 Å². The topological polar surface area (TPSA) is 46.8 Å². The third kappa shape index (κ3) is 5.24. The Labute approximate surface area is 171 Å². The first-order chi connectivity index (χ1) is 12.7. The van der Waals surface area contributed by atoms with Gasteiger partial charge in [-0.3, -0.25) is 0 Å². The van der Waals surface area contributed by atoms with Crippen molar-refractivity contribution in [3.8, 4) is 0 Å². The molecule has 1 heterocycles. The normalized spacial score (nSPS) is 24.5. The predicted molar refractivity (Wildman–Crippen MR) is 113 cm³/mol. The lowest BCUT2D eigenvalue weighted by Crippen LogP contribution is -2.40. The molecule has 5 nitrogen and oxygen atoms in total. The number of tetrazole rings is 1. The molecule has 0 N–H and O–H groups in total. The molecule has 1 aromatic heterocycles. The monoisotopic (exact) mass is 441 g/mol. The molecule has 0 unspecified atom stereocenters. The molecular formula is C19H32BrN5S. The molecule has 0 atom stereocenters. The van der Waals surface area contributed by atoms with Gasteiger partial charge in [-0.15, -0.1) is 5.10 Å². The molecule has 0 aromatic carbocycles. The highest BCUT2D eigenvalue weighted by Crippen LogP contribution is 2.32. The molecule has 2 saturated carbocycles. The first-order valence-corrected chi connectivity index (χ1v) is 11.7. The summed E-state index contributed by atoms with van der Waals surface area (Å²) in [7, 11) is 0. The van der Waals surface area contributed by atoms with Crippen molar-refractivity contribution < 1.29 is 0 Å². The number of hydrogen-bond donors (Lipinski definition) is 0. The van der Waals surface area contributed by atoms with Gasteiger partial charge in [-0.05, 0) is 68.7 Å². The van der Waals surface area contributed by atoms with E-state index in [1.165, 1.54) is 44.9 Å². The number of aromatic nitrogens is 4. The number of thiocarbonyl (C=S) groups is 1. The third-order valence-corrected chi connectivity index (χ3v) is 7.35. The van der Waals surface area contributed by atoms with Crippen LogP contribution in [0, 0.1) is 0 Å². The van der Waals surface area contributed by atoms with Gasteiger partial charge in [-0.1, -0.05) is 47.4 Å². The van der Waals surface area contributed by atoms with Gasteiger partial charge in [-0.2, -0.15) is 0 Å². The van der Waals surface area contributed by atoms with Crippen molar-refractivity contribution in [2.24, 2.45) is 0 Å². The summed E-state index contributed by atoms with van der Waals surface area (Å²) in [6.07, 6.45) is 14.4. The Morgan fingerprint density at radius 3 is 2.58 bits per heavy atom. The van der Waals surface area contributed by atoms with Crippen LogP contribution in [0.1, 0.15) is 89.4 Å². The molecule has 0 saturated heterocycles. The van der Waals surface area contributed by atoms with Gasteiger partial charge in [0.2, 0.25) is 0 Å². The quantitative estimate of drug-likeness (QED) is 0.446. The fraction of sp³-hybridized carbons (Fsp3) is 0.895. The van der Waals surface area contributed by atoms with Crippen LogP contribution in [0.25, 0.3) is 0 Å². The molecule has 7 heteroatoms. The fourth-order valence-electron chi connectivity index (χ4n) is 4.51. The number of alkyl halides is 1. The Kier molecular flexibility index (Phi) is 7.85. The van der Waals surface area contributed by atoms with Crippen molar-refractivity contribution in [1.82, 2.24) is 25.1 Å². The highest BCUT2D eigenvalue weighted by atomic mass is 79.9. The van der Waals surface area contributed by atoms with Crippen molar-refractivity contribution in [3.63, 3.8) is 0 Å². The maximum absolute atomic E-state index is 5.78. The molecule has 26 heavy (non-hydrogen) atoms. The number of nitrogens with zero attached hydrogens (tertiary/aromatic N) is 5. The Morgan fingerprint density at radius 1 is 1.15 bits per heavy atom. The summed E-state index contributed by atoms with van der Waals surface area (Å²) in [6.45, 7) is 3.28. The highest BCUT2D eigenvalue weighted by molar-refractivity contribution is 9.09. The van der Waals surface area contributed by atoms with Crippen LogP contribution in [0.5, 0.6) is 0 Å². The largest absolute Gasteiger partial charge is 0.363 e. The molecule has 146 valence electrons. The van der Waals surface area contributed by atoms with Gasteiger partial charge in [0, 0.05) is 23.8 Å². The second kappa shape index (κ2) is 10.1. The zero-order chi connectivity index (χ0) is 18.4. The minimum absolute atomic E-state index is 0.468. The maximum atomic E-state index is 5.78. The molecule has 0 radical (unpaired) electrons. The summed E-state index contributed by atoms with van der Waals surface area (Å²) in [4.78, 5) is 4.28. The van der Waals surface area contributed by atoms with Crippen LogP contribution in [0.15, 0.2) is 0 Å². The SMILES string of the molecule is CCN(C(=S)CCCc1nnnn1C1CCC(Br)CC1)C1CCCCC1. The second-order valence-electron chi connectivity index (χ2n) is 7.77.